The van der Waals surface area contributed by atoms with Crippen molar-refractivity contribution in [1.82, 2.24) is 0 Å². The molecule has 0 saturated heterocycles. The number of benzene rings is 6. The van der Waals surface area contributed by atoms with Gasteiger partial charge < -0.3 is 0 Å². The van der Waals surface area contributed by atoms with Gasteiger partial charge in [-0.05, 0) is 111 Å². The summed E-state index contributed by atoms with van der Waals surface area (Å²) in [6.07, 6.45) is 0. The molecule has 0 heterocycles. The maximum Gasteiger partial charge on any atom is 0.123 e. The first-order valence-corrected chi connectivity index (χ1v) is 24.4. The Hall–Kier alpha value is -4.53. The van der Waals surface area contributed by atoms with Crippen LogP contribution in [0.3, 0.4) is 0 Å². The van der Waals surface area contributed by atoms with E-state index in [2.05, 4.69) is 194 Å². The maximum absolute atomic E-state index is 13.4. The van der Waals surface area contributed by atoms with E-state index in [9.17, 15) is 4.39 Å². The highest BCUT2D eigenvalue weighted by atomic mass is 28.3. The minimum Gasteiger partial charge on any atom is -0.207 e. The third-order valence-electron chi connectivity index (χ3n) is 13.2. The summed E-state index contributed by atoms with van der Waals surface area (Å²) in [5.41, 5.74) is 22.2. The van der Waals surface area contributed by atoms with Crippen molar-refractivity contribution in [3.8, 4) is 33.4 Å². The fourth-order valence-corrected chi connectivity index (χ4v) is 10.6. The van der Waals surface area contributed by atoms with Crippen LogP contribution >= 0.6 is 0 Å². The Bertz CT molecular complexity index is 2370. The molecule has 6 aromatic carbocycles. The second-order valence-corrected chi connectivity index (χ2v) is 25.8. The van der Waals surface area contributed by atoms with Crippen LogP contribution in [-0.2, 0) is 21.7 Å². The molecule has 0 aliphatic heterocycles. The molecule has 0 saturated carbocycles. The largest absolute Gasteiger partial charge is 0.207 e. The first kappa shape index (κ1) is 40.7. The third-order valence-corrected chi connectivity index (χ3v) is 15.2. The lowest BCUT2D eigenvalue weighted by molar-refractivity contribution is 0.584. The monoisotopic (exact) mass is 770 g/mol. The Balaban J connectivity index is 0.000000131. The van der Waals surface area contributed by atoms with Gasteiger partial charge in [-0.1, -0.05) is 201 Å². The molecule has 0 nitrogen and oxygen atoms in total. The van der Waals surface area contributed by atoms with Gasteiger partial charge in [0.15, 0.2) is 0 Å². The minimum atomic E-state index is -1.25. The van der Waals surface area contributed by atoms with E-state index >= 15 is 0 Å². The van der Waals surface area contributed by atoms with Crippen LogP contribution in [0.25, 0.3) is 33.4 Å². The zero-order chi connectivity index (χ0) is 41.6. The Labute approximate surface area is 344 Å². The fraction of sp³-hybridized carbons (Fsp3) is 0.345. The highest BCUT2D eigenvalue weighted by Gasteiger charge is 2.38. The molecule has 3 aliphatic carbocycles. The van der Waals surface area contributed by atoms with Crippen LogP contribution in [0.5, 0.6) is 0 Å². The molecule has 0 N–H and O–H groups in total. The first-order chi connectivity index (χ1) is 26.4. The molecule has 294 valence electrons. The topological polar surface area (TPSA) is 0 Å². The van der Waals surface area contributed by atoms with E-state index in [1.54, 1.807) is 17.3 Å². The molecule has 9 rings (SSSR count). The van der Waals surface area contributed by atoms with Gasteiger partial charge in [-0.15, -0.1) is 0 Å². The van der Waals surface area contributed by atoms with Crippen molar-refractivity contribution in [1.29, 1.82) is 0 Å². The number of halogens is 1. The van der Waals surface area contributed by atoms with Gasteiger partial charge in [0, 0.05) is 16.2 Å². The number of hydrogen-bond acceptors (Lipinski definition) is 0. The summed E-state index contributed by atoms with van der Waals surface area (Å²) in [5, 5.41) is 1.56. The number of hydrogen-bond donors (Lipinski definition) is 0. The molecule has 57 heavy (non-hydrogen) atoms. The van der Waals surface area contributed by atoms with E-state index in [1.807, 2.05) is 6.07 Å². The predicted octanol–water partition coefficient (Wildman–Crippen LogP) is 14.9. The average molecular weight is 771 g/mol. The van der Waals surface area contributed by atoms with Gasteiger partial charge in [0.1, 0.15) is 5.82 Å². The van der Waals surface area contributed by atoms with Crippen LogP contribution in [0.4, 0.5) is 4.39 Å². The standard InChI is InChI=1S/C20H24.C19H24Si.C16H15F/c1-13-7-9-15-16-10-8-14(19(2,3)4)12-18(16)20(5,6)17(15)11-13;1-13-7-9-15-16-10-8-14(20(4,5)6)12-18(16)19(2,3)17(15)11-13;1-10-4-6-12-13-7-5-11(17)9-15(13)16(2,3)14(12)8-10/h2*7-12H,1-6H3;4-9H,1-3H3. The summed E-state index contributed by atoms with van der Waals surface area (Å²) in [6.45, 7) is 34.4. The van der Waals surface area contributed by atoms with Crippen LogP contribution < -0.4 is 5.19 Å². The van der Waals surface area contributed by atoms with Gasteiger partial charge in [0.05, 0.1) is 8.07 Å². The van der Waals surface area contributed by atoms with Crippen LogP contribution in [0.15, 0.2) is 109 Å². The van der Waals surface area contributed by atoms with Crippen molar-refractivity contribution < 1.29 is 4.39 Å². The average Bonchev–Trinajstić information content (AvgIpc) is 3.59. The molecular formula is C55H63FSi. The number of rotatable bonds is 1. The summed E-state index contributed by atoms with van der Waals surface area (Å²) in [6, 6.07) is 39.6. The lowest BCUT2D eigenvalue weighted by Gasteiger charge is -2.25. The normalized spacial score (nSPS) is 15.8. The summed E-state index contributed by atoms with van der Waals surface area (Å²) in [5.74, 6) is -0.152. The molecule has 0 atom stereocenters. The van der Waals surface area contributed by atoms with Crippen molar-refractivity contribution in [2.45, 2.75) is 124 Å². The molecule has 0 amide bonds. The van der Waals surface area contributed by atoms with Crippen LogP contribution in [0.2, 0.25) is 19.6 Å². The van der Waals surface area contributed by atoms with Gasteiger partial charge >= 0.3 is 0 Å². The first-order valence-electron chi connectivity index (χ1n) is 20.9. The van der Waals surface area contributed by atoms with E-state index in [4.69, 9.17) is 0 Å². The smallest absolute Gasteiger partial charge is 0.123 e. The number of aryl methyl sites for hydroxylation is 3. The highest BCUT2D eigenvalue weighted by molar-refractivity contribution is 6.88. The molecule has 0 fully saturated rings. The fourth-order valence-electron chi connectivity index (χ4n) is 9.46. The van der Waals surface area contributed by atoms with Crippen LogP contribution in [0, 0.1) is 26.6 Å². The zero-order valence-corrected chi connectivity index (χ0v) is 38.3. The Morgan fingerprint density at radius 2 is 0.719 bits per heavy atom. The lowest BCUT2D eigenvalue weighted by Crippen LogP contribution is -2.38. The van der Waals surface area contributed by atoms with E-state index in [1.165, 1.54) is 83.5 Å². The van der Waals surface area contributed by atoms with E-state index in [0.29, 0.717) is 0 Å². The molecule has 6 aromatic rings. The Morgan fingerprint density at radius 1 is 0.404 bits per heavy atom. The molecule has 0 radical (unpaired) electrons. The maximum atomic E-state index is 13.4. The van der Waals surface area contributed by atoms with Crippen molar-refractivity contribution in [2.75, 3.05) is 0 Å². The zero-order valence-electron chi connectivity index (χ0n) is 37.3. The Morgan fingerprint density at radius 3 is 1.11 bits per heavy atom. The van der Waals surface area contributed by atoms with Crippen molar-refractivity contribution in [3.63, 3.8) is 0 Å². The van der Waals surface area contributed by atoms with Crippen LogP contribution in [-0.4, -0.2) is 8.07 Å². The third kappa shape index (κ3) is 7.07. The Kier molecular flexibility index (Phi) is 9.84. The second-order valence-electron chi connectivity index (χ2n) is 20.7. The highest BCUT2D eigenvalue weighted by Crippen LogP contribution is 2.51. The van der Waals surface area contributed by atoms with Gasteiger partial charge in [-0.3, -0.25) is 0 Å². The molecule has 0 aromatic heterocycles. The number of fused-ring (bicyclic) bond motifs is 9. The minimum absolute atomic E-state index is 0.0984. The van der Waals surface area contributed by atoms with Gasteiger partial charge in [0.2, 0.25) is 0 Å². The quantitative estimate of drug-likeness (QED) is 0.146. The second kappa shape index (κ2) is 13.8. The van der Waals surface area contributed by atoms with Gasteiger partial charge in [-0.2, -0.15) is 0 Å². The predicted molar refractivity (Wildman–Crippen MR) is 248 cm³/mol. The molecule has 0 bridgehead atoms. The van der Waals surface area contributed by atoms with Crippen molar-refractivity contribution in [2.24, 2.45) is 0 Å². The van der Waals surface area contributed by atoms with E-state index in [0.717, 1.165) is 5.56 Å². The SMILES string of the molecule is Cc1ccc2c(c1)C(C)(C)c1cc(C(C)(C)C)ccc1-2.Cc1ccc2c(c1)C(C)(C)c1cc(F)ccc1-2.Cc1ccc2c(c1)C(C)(C)c1cc([Si](C)(C)C)ccc1-2. The summed E-state index contributed by atoms with van der Waals surface area (Å²) < 4.78 is 13.4. The molecule has 0 spiro atoms. The van der Waals surface area contributed by atoms with Gasteiger partial charge in [-0.25, -0.2) is 4.39 Å². The van der Waals surface area contributed by atoms with Crippen LogP contribution in [0.1, 0.15) is 118 Å². The van der Waals surface area contributed by atoms with Gasteiger partial charge in [0.25, 0.3) is 0 Å². The molecular weight excluding hydrogens is 708 g/mol. The molecule has 2 heteroatoms. The van der Waals surface area contributed by atoms with E-state index in [-0.39, 0.29) is 27.5 Å². The van der Waals surface area contributed by atoms with E-state index < -0.39 is 8.07 Å². The van der Waals surface area contributed by atoms with Crippen molar-refractivity contribution >= 4 is 13.3 Å². The van der Waals surface area contributed by atoms with Crippen molar-refractivity contribution in [3.05, 3.63) is 171 Å². The lowest BCUT2D eigenvalue weighted by atomic mass is 9.79. The summed E-state index contributed by atoms with van der Waals surface area (Å²) in [7, 11) is -1.25. The molecule has 0 unspecified atom stereocenters. The summed E-state index contributed by atoms with van der Waals surface area (Å²) >= 11 is 0. The molecule has 3 aliphatic rings. The summed E-state index contributed by atoms with van der Waals surface area (Å²) in [4.78, 5) is 0.